The predicted molar refractivity (Wildman–Crippen MR) is 78.3 cm³/mol. The first-order chi connectivity index (χ1) is 9.48. The van der Waals surface area contributed by atoms with Crippen molar-refractivity contribution in [2.24, 2.45) is 0 Å². The number of piperidine rings is 1. The molecular weight excluding hydrogens is 254 g/mol. The first kappa shape index (κ1) is 15.3. The number of hydrogen-bond acceptors (Lipinski definition) is 3. The van der Waals surface area contributed by atoms with Gasteiger partial charge in [-0.25, -0.2) is 0 Å². The van der Waals surface area contributed by atoms with Crippen molar-refractivity contribution in [1.82, 2.24) is 15.1 Å². The first-order valence-corrected chi connectivity index (χ1v) is 7.76. The Morgan fingerprint density at radius 2 is 1.70 bits per heavy atom. The highest BCUT2D eigenvalue weighted by molar-refractivity contribution is 5.88. The maximum absolute atomic E-state index is 12.7. The number of nitrogens with one attached hydrogen (secondary N) is 1. The maximum Gasteiger partial charge on any atom is 0.239 e. The third-order valence-corrected chi connectivity index (χ3v) is 4.71. The monoisotopic (exact) mass is 281 g/mol. The van der Waals surface area contributed by atoms with E-state index >= 15 is 0 Å². The smallest absolute Gasteiger partial charge is 0.239 e. The van der Waals surface area contributed by atoms with E-state index in [-0.39, 0.29) is 17.9 Å². The normalized spacial score (nSPS) is 24.8. The zero-order valence-corrected chi connectivity index (χ0v) is 12.9. The lowest BCUT2D eigenvalue weighted by Gasteiger charge is -2.39. The SMILES string of the molecule is CNC(=O)C(C)(C)N1CCCC1C(=O)N1CCCCC1. The van der Waals surface area contributed by atoms with Crippen LogP contribution in [0.15, 0.2) is 0 Å². The van der Waals surface area contributed by atoms with Crippen molar-refractivity contribution in [1.29, 1.82) is 0 Å². The zero-order valence-electron chi connectivity index (χ0n) is 12.9. The van der Waals surface area contributed by atoms with Crippen LogP contribution in [-0.2, 0) is 9.59 Å². The van der Waals surface area contributed by atoms with Gasteiger partial charge in [-0.15, -0.1) is 0 Å². The number of carbonyl (C=O) groups is 2. The van der Waals surface area contributed by atoms with Gasteiger partial charge in [-0.1, -0.05) is 0 Å². The Kier molecular flexibility index (Phi) is 4.68. The molecule has 5 nitrogen and oxygen atoms in total. The summed E-state index contributed by atoms with van der Waals surface area (Å²) >= 11 is 0. The maximum atomic E-state index is 12.7. The van der Waals surface area contributed by atoms with Crippen LogP contribution >= 0.6 is 0 Å². The van der Waals surface area contributed by atoms with Gasteiger partial charge in [0.1, 0.15) is 0 Å². The molecule has 2 aliphatic rings. The molecule has 0 aliphatic carbocycles. The molecule has 0 spiro atoms. The summed E-state index contributed by atoms with van der Waals surface area (Å²) in [5, 5.41) is 2.72. The van der Waals surface area contributed by atoms with E-state index in [0.717, 1.165) is 45.3 Å². The molecule has 2 rings (SSSR count). The van der Waals surface area contributed by atoms with Gasteiger partial charge in [0, 0.05) is 26.7 Å². The van der Waals surface area contributed by atoms with Crippen LogP contribution in [0.3, 0.4) is 0 Å². The second-order valence-electron chi connectivity index (χ2n) is 6.38. The van der Waals surface area contributed by atoms with Crippen LogP contribution in [0, 0.1) is 0 Å². The molecule has 2 saturated heterocycles. The molecule has 0 radical (unpaired) electrons. The van der Waals surface area contributed by atoms with E-state index in [1.54, 1.807) is 7.05 Å². The number of hydrogen-bond donors (Lipinski definition) is 1. The number of likely N-dealkylation sites (N-methyl/N-ethyl adjacent to an activating group) is 1. The van der Waals surface area contributed by atoms with Gasteiger partial charge in [-0.3, -0.25) is 14.5 Å². The predicted octanol–water partition coefficient (Wildman–Crippen LogP) is 0.988. The Hall–Kier alpha value is -1.10. The lowest BCUT2D eigenvalue weighted by atomic mass is 9.99. The highest BCUT2D eigenvalue weighted by atomic mass is 16.2. The summed E-state index contributed by atoms with van der Waals surface area (Å²) in [6.45, 7) is 6.40. The van der Waals surface area contributed by atoms with Gasteiger partial charge in [0.2, 0.25) is 11.8 Å². The van der Waals surface area contributed by atoms with Gasteiger partial charge < -0.3 is 10.2 Å². The average Bonchev–Trinajstić information content (AvgIpc) is 2.96. The quantitative estimate of drug-likeness (QED) is 0.839. The van der Waals surface area contributed by atoms with Gasteiger partial charge >= 0.3 is 0 Å². The first-order valence-electron chi connectivity index (χ1n) is 7.76. The fourth-order valence-corrected chi connectivity index (χ4v) is 3.45. The summed E-state index contributed by atoms with van der Waals surface area (Å²) in [4.78, 5) is 28.9. The van der Waals surface area contributed by atoms with Crippen molar-refractivity contribution in [3.05, 3.63) is 0 Å². The Morgan fingerprint density at radius 1 is 1.05 bits per heavy atom. The van der Waals surface area contributed by atoms with Gasteiger partial charge in [0.25, 0.3) is 0 Å². The van der Waals surface area contributed by atoms with Crippen molar-refractivity contribution >= 4 is 11.8 Å². The molecule has 2 fully saturated rings. The van der Waals surface area contributed by atoms with Gasteiger partial charge in [0.05, 0.1) is 11.6 Å². The lowest BCUT2D eigenvalue weighted by molar-refractivity contribution is -0.142. The Labute approximate surface area is 121 Å². The van der Waals surface area contributed by atoms with Crippen molar-refractivity contribution in [2.75, 3.05) is 26.7 Å². The van der Waals surface area contributed by atoms with E-state index < -0.39 is 5.54 Å². The van der Waals surface area contributed by atoms with Crippen LogP contribution in [0.1, 0.15) is 46.0 Å². The summed E-state index contributed by atoms with van der Waals surface area (Å²) in [6, 6.07) is -0.125. The zero-order chi connectivity index (χ0) is 14.8. The highest BCUT2D eigenvalue weighted by Gasteiger charge is 2.44. The molecule has 114 valence electrons. The molecule has 5 heteroatoms. The average molecular weight is 281 g/mol. The molecule has 20 heavy (non-hydrogen) atoms. The van der Waals surface area contributed by atoms with Crippen molar-refractivity contribution < 1.29 is 9.59 Å². The standard InChI is InChI=1S/C15H27N3O2/c1-15(2,14(20)16-3)18-11-7-8-12(18)13(19)17-9-5-4-6-10-17/h12H,4-11H2,1-3H3,(H,16,20). The number of rotatable bonds is 3. The Morgan fingerprint density at radius 3 is 2.30 bits per heavy atom. The number of amides is 2. The van der Waals surface area contributed by atoms with Gasteiger partial charge in [0.15, 0.2) is 0 Å². The minimum Gasteiger partial charge on any atom is -0.358 e. The fourth-order valence-electron chi connectivity index (χ4n) is 3.45. The summed E-state index contributed by atoms with van der Waals surface area (Å²) < 4.78 is 0. The van der Waals surface area contributed by atoms with Crippen LogP contribution in [-0.4, -0.2) is 59.9 Å². The van der Waals surface area contributed by atoms with Gasteiger partial charge in [-0.2, -0.15) is 0 Å². The molecular formula is C15H27N3O2. The van der Waals surface area contributed by atoms with E-state index in [0.29, 0.717) is 0 Å². The molecule has 1 N–H and O–H groups in total. The molecule has 1 unspecified atom stereocenters. The minimum absolute atomic E-state index is 0.0177. The van der Waals surface area contributed by atoms with Crippen LogP contribution in [0.4, 0.5) is 0 Å². The van der Waals surface area contributed by atoms with Crippen molar-refractivity contribution in [3.8, 4) is 0 Å². The summed E-state index contributed by atoms with van der Waals surface area (Å²) in [5.41, 5.74) is -0.624. The summed E-state index contributed by atoms with van der Waals surface area (Å²) in [6.07, 6.45) is 5.30. The number of carbonyl (C=O) groups excluding carboxylic acids is 2. The third kappa shape index (κ3) is 2.82. The molecule has 2 aliphatic heterocycles. The van der Waals surface area contributed by atoms with Crippen LogP contribution in [0.5, 0.6) is 0 Å². The summed E-state index contributed by atoms with van der Waals surface area (Å²) in [5.74, 6) is 0.204. The molecule has 0 aromatic heterocycles. The van der Waals surface area contributed by atoms with E-state index in [1.807, 2.05) is 18.7 Å². The molecule has 2 heterocycles. The molecule has 0 saturated carbocycles. The van der Waals surface area contributed by atoms with Crippen LogP contribution < -0.4 is 5.32 Å². The van der Waals surface area contributed by atoms with E-state index in [2.05, 4.69) is 10.2 Å². The van der Waals surface area contributed by atoms with Crippen LogP contribution in [0.25, 0.3) is 0 Å². The third-order valence-electron chi connectivity index (χ3n) is 4.71. The lowest BCUT2D eigenvalue weighted by Crippen LogP contribution is -2.59. The number of likely N-dealkylation sites (tertiary alicyclic amines) is 2. The molecule has 0 bridgehead atoms. The van der Waals surface area contributed by atoms with Crippen molar-refractivity contribution in [3.63, 3.8) is 0 Å². The topological polar surface area (TPSA) is 52.7 Å². The van der Waals surface area contributed by atoms with E-state index in [1.165, 1.54) is 6.42 Å². The van der Waals surface area contributed by atoms with E-state index in [4.69, 9.17) is 0 Å². The van der Waals surface area contributed by atoms with Crippen LogP contribution in [0.2, 0.25) is 0 Å². The highest BCUT2D eigenvalue weighted by Crippen LogP contribution is 2.29. The minimum atomic E-state index is -0.624. The van der Waals surface area contributed by atoms with Crippen molar-refractivity contribution in [2.45, 2.75) is 57.5 Å². The number of nitrogens with zero attached hydrogens (tertiary/aromatic N) is 2. The summed E-state index contributed by atoms with van der Waals surface area (Å²) in [7, 11) is 1.65. The molecule has 0 aromatic carbocycles. The molecule has 2 amide bonds. The molecule has 1 atom stereocenters. The largest absolute Gasteiger partial charge is 0.358 e. The Bertz CT molecular complexity index is 375. The Balaban J connectivity index is 2.10. The molecule has 0 aromatic rings. The second-order valence-corrected chi connectivity index (χ2v) is 6.38. The second kappa shape index (κ2) is 6.12. The van der Waals surface area contributed by atoms with Gasteiger partial charge in [-0.05, 0) is 46.0 Å². The fraction of sp³-hybridized carbons (Fsp3) is 0.867. The van der Waals surface area contributed by atoms with E-state index in [9.17, 15) is 9.59 Å².